The summed E-state index contributed by atoms with van der Waals surface area (Å²) < 4.78 is 1.93. The van der Waals surface area contributed by atoms with Crippen LogP contribution >= 0.6 is 0 Å². The Balaban J connectivity index is 2.86. The molecule has 0 amide bonds. The first-order valence-electron chi connectivity index (χ1n) is 4.42. The number of unbranched alkanes of at least 4 members (excludes halogenated alkanes) is 1. The monoisotopic (exact) mass is 168 g/mol. The minimum atomic E-state index is 0.0450. The number of aromatic nitrogens is 2. The predicted octanol–water partition coefficient (Wildman–Crippen LogP) is 1.59. The van der Waals surface area contributed by atoms with E-state index in [2.05, 4.69) is 12.0 Å². The van der Waals surface area contributed by atoms with Crippen LogP contribution in [-0.4, -0.2) is 9.78 Å². The number of nitrogens with one attached hydrogen (secondary N) is 1. The van der Waals surface area contributed by atoms with Crippen LogP contribution in [0.4, 0.5) is 0 Å². The number of aromatic amines is 1. The highest BCUT2D eigenvalue weighted by atomic mass is 16.1. The number of hydrogen-bond donors (Lipinski definition) is 1. The third-order valence-corrected chi connectivity index (χ3v) is 2.26. The molecule has 0 aromatic carbocycles. The maximum Gasteiger partial charge on any atom is 0.267 e. The summed E-state index contributed by atoms with van der Waals surface area (Å²) in [5.74, 6) is 0. The lowest BCUT2D eigenvalue weighted by Crippen LogP contribution is -2.06. The van der Waals surface area contributed by atoms with Crippen molar-refractivity contribution < 1.29 is 0 Å². The summed E-state index contributed by atoms with van der Waals surface area (Å²) in [7, 11) is 0. The molecule has 3 heteroatoms. The van der Waals surface area contributed by atoms with Crippen molar-refractivity contribution in [3.8, 4) is 0 Å². The summed E-state index contributed by atoms with van der Waals surface area (Å²) >= 11 is 0. The van der Waals surface area contributed by atoms with Gasteiger partial charge >= 0.3 is 0 Å². The first-order valence-corrected chi connectivity index (χ1v) is 4.42. The molecule has 12 heavy (non-hydrogen) atoms. The fraction of sp³-hybridized carbons (Fsp3) is 0.667. The van der Waals surface area contributed by atoms with Crippen molar-refractivity contribution in [2.45, 2.75) is 40.2 Å². The Morgan fingerprint density at radius 3 is 2.50 bits per heavy atom. The molecule has 1 N–H and O–H groups in total. The molecule has 0 spiro atoms. The van der Waals surface area contributed by atoms with Gasteiger partial charge in [-0.15, -0.1) is 0 Å². The highest BCUT2D eigenvalue weighted by molar-refractivity contribution is 5.13. The highest BCUT2D eigenvalue weighted by Gasteiger charge is 2.04. The van der Waals surface area contributed by atoms with E-state index in [1.54, 1.807) is 0 Å². The molecule has 1 heterocycles. The van der Waals surface area contributed by atoms with Crippen molar-refractivity contribution in [2.75, 3.05) is 0 Å². The molecule has 3 nitrogen and oxygen atoms in total. The van der Waals surface area contributed by atoms with Gasteiger partial charge in [-0.2, -0.15) is 0 Å². The van der Waals surface area contributed by atoms with Gasteiger partial charge in [0.05, 0.1) is 0 Å². The topological polar surface area (TPSA) is 37.8 Å². The predicted molar refractivity (Wildman–Crippen MR) is 49.4 cm³/mol. The third kappa shape index (κ3) is 1.60. The molecule has 0 aliphatic rings. The van der Waals surface area contributed by atoms with Gasteiger partial charge in [-0.25, -0.2) is 0 Å². The van der Waals surface area contributed by atoms with Crippen molar-refractivity contribution in [3.63, 3.8) is 0 Å². The van der Waals surface area contributed by atoms with Crippen LogP contribution < -0.4 is 5.56 Å². The quantitative estimate of drug-likeness (QED) is 0.731. The van der Waals surface area contributed by atoms with Crippen molar-refractivity contribution in [3.05, 3.63) is 21.6 Å². The molecule has 0 saturated heterocycles. The molecule has 1 aromatic rings. The van der Waals surface area contributed by atoms with E-state index in [1.807, 2.05) is 18.5 Å². The summed E-state index contributed by atoms with van der Waals surface area (Å²) in [6, 6.07) is 0. The molecular weight excluding hydrogens is 152 g/mol. The Hall–Kier alpha value is -0.990. The van der Waals surface area contributed by atoms with Gasteiger partial charge in [-0.1, -0.05) is 13.3 Å². The lowest BCUT2D eigenvalue weighted by molar-refractivity contribution is 0.555. The zero-order valence-electron chi connectivity index (χ0n) is 7.98. The molecular formula is C9H16N2O. The maximum absolute atomic E-state index is 11.1. The van der Waals surface area contributed by atoms with Gasteiger partial charge in [-0.3, -0.25) is 14.6 Å². The molecule has 0 radical (unpaired) electrons. The molecule has 0 saturated carbocycles. The largest absolute Gasteiger partial charge is 0.289 e. The molecule has 0 atom stereocenters. The number of aryl methyl sites for hydroxylation is 1. The fourth-order valence-corrected chi connectivity index (χ4v) is 1.20. The number of rotatable bonds is 3. The van der Waals surface area contributed by atoms with E-state index < -0.39 is 0 Å². The Labute approximate surface area is 72.4 Å². The van der Waals surface area contributed by atoms with Gasteiger partial charge in [0.25, 0.3) is 5.56 Å². The van der Waals surface area contributed by atoms with Gasteiger partial charge in [0.15, 0.2) is 0 Å². The van der Waals surface area contributed by atoms with Gasteiger partial charge in [0.1, 0.15) is 0 Å². The Bertz CT molecular complexity index is 309. The molecule has 68 valence electrons. The Morgan fingerprint density at radius 1 is 1.42 bits per heavy atom. The lowest BCUT2D eigenvalue weighted by atomic mass is 10.3. The van der Waals surface area contributed by atoms with Gasteiger partial charge in [0.2, 0.25) is 0 Å². The van der Waals surface area contributed by atoms with E-state index in [4.69, 9.17) is 0 Å². The van der Waals surface area contributed by atoms with Crippen LogP contribution in [0.2, 0.25) is 0 Å². The van der Waals surface area contributed by atoms with Gasteiger partial charge < -0.3 is 0 Å². The number of hydrogen-bond acceptors (Lipinski definition) is 1. The Kier molecular flexibility index (Phi) is 2.74. The van der Waals surface area contributed by atoms with E-state index in [-0.39, 0.29) is 5.56 Å². The molecule has 0 bridgehead atoms. The molecule has 0 aliphatic heterocycles. The molecule has 1 rings (SSSR count). The second-order valence-electron chi connectivity index (χ2n) is 3.16. The minimum absolute atomic E-state index is 0.0450. The van der Waals surface area contributed by atoms with Crippen molar-refractivity contribution in [2.24, 2.45) is 0 Å². The maximum atomic E-state index is 11.1. The highest BCUT2D eigenvalue weighted by Crippen LogP contribution is 2.01. The average Bonchev–Trinajstić information content (AvgIpc) is 2.30. The zero-order chi connectivity index (χ0) is 9.14. The molecule has 0 aliphatic carbocycles. The summed E-state index contributed by atoms with van der Waals surface area (Å²) in [5, 5.41) is 2.81. The van der Waals surface area contributed by atoms with E-state index in [0.717, 1.165) is 30.6 Å². The first kappa shape index (κ1) is 9.10. The van der Waals surface area contributed by atoms with Crippen LogP contribution in [0.5, 0.6) is 0 Å². The second kappa shape index (κ2) is 3.61. The van der Waals surface area contributed by atoms with E-state index in [1.165, 1.54) is 0 Å². The van der Waals surface area contributed by atoms with Crippen LogP contribution in [0.1, 0.15) is 31.0 Å². The molecule has 0 fully saturated rings. The van der Waals surface area contributed by atoms with Crippen molar-refractivity contribution in [1.82, 2.24) is 9.78 Å². The van der Waals surface area contributed by atoms with Crippen molar-refractivity contribution >= 4 is 0 Å². The van der Waals surface area contributed by atoms with Gasteiger partial charge in [0, 0.05) is 17.8 Å². The number of nitrogens with zero attached hydrogens (tertiary/aromatic N) is 1. The fourth-order valence-electron chi connectivity index (χ4n) is 1.20. The zero-order valence-corrected chi connectivity index (χ0v) is 7.98. The standard InChI is InChI=1S/C9H16N2O/c1-4-5-6-11-8(3)7(2)9(12)10-11/h4-6H2,1-3H3,(H,10,12). The SMILES string of the molecule is CCCCn1[nH]c(=O)c(C)c1C. The van der Waals surface area contributed by atoms with Crippen LogP contribution in [0.25, 0.3) is 0 Å². The minimum Gasteiger partial charge on any atom is -0.289 e. The van der Waals surface area contributed by atoms with Crippen LogP contribution in [-0.2, 0) is 6.54 Å². The van der Waals surface area contributed by atoms with Crippen molar-refractivity contribution in [1.29, 1.82) is 0 Å². The lowest BCUT2D eigenvalue weighted by Gasteiger charge is -2.03. The van der Waals surface area contributed by atoms with Crippen LogP contribution in [0.3, 0.4) is 0 Å². The van der Waals surface area contributed by atoms with Crippen LogP contribution in [0, 0.1) is 13.8 Å². The Morgan fingerprint density at radius 2 is 2.08 bits per heavy atom. The third-order valence-electron chi connectivity index (χ3n) is 2.26. The second-order valence-corrected chi connectivity index (χ2v) is 3.16. The summed E-state index contributed by atoms with van der Waals surface area (Å²) in [6.45, 7) is 6.90. The average molecular weight is 168 g/mol. The van der Waals surface area contributed by atoms with E-state index in [0.29, 0.717) is 0 Å². The molecule has 1 aromatic heterocycles. The van der Waals surface area contributed by atoms with E-state index >= 15 is 0 Å². The normalized spacial score (nSPS) is 10.6. The van der Waals surface area contributed by atoms with E-state index in [9.17, 15) is 4.79 Å². The first-order chi connectivity index (χ1) is 5.66. The molecule has 0 unspecified atom stereocenters. The summed E-state index contributed by atoms with van der Waals surface area (Å²) in [6.07, 6.45) is 2.27. The van der Waals surface area contributed by atoms with Crippen LogP contribution in [0.15, 0.2) is 4.79 Å². The number of H-pyrrole nitrogens is 1. The summed E-state index contributed by atoms with van der Waals surface area (Å²) in [4.78, 5) is 11.1. The van der Waals surface area contributed by atoms with Gasteiger partial charge in [-0.05, 0) is 20.3 Å². The summed E-state index contributed by atoms with van der Waals surface area (Å²) in [5.41, 5.74) is 1.95. The smallest absolute Gasteiger partial charge is 0.267 e.